The second-order valence-corrected chi connectivity index (χ2v) is 3.95. The average Bonchev–Trinajstić information content (AvgIpc) is 2.13. The number of carboxylic acids is 2. The molecule has 0 fully saturated rings. The molecule has 0 rings (SSSR count). The Bertz CT molecular complexity index is 309. The Morgan fingerprint density at radius 3 is 1.53 bits per heavy atom. The van der Waals surface area contributed by atoms with Crippen LogP contribution in [0.2, 0.25) is 0 Å². The van der Waals surface area contributed by atoms with Crippen LogP contribution < -0.4 is 5.32 Å². The van der Waals surface area contributed by atoms with Gasteiger partial charge in [-0.2, -0.15) is 0 Å². The molecule has 6 heteroatoms. The zero-order valence-electron chi connectivity index (χ0n) is 10.1. The predicted octanol–water partition coefficient (Wildman–Crippen LogP) is 0.799. The van der Waals surface area contributed by atoms with E-state index in [1.807, 2.05) is 20.8 Å². The molecular weight excluding hydrogens is 226 g/mol. The summed E-state index contributed by atoms with van der Waals surface area (Å²) in [5.74, 6) is -2.64. The van der Waals surface area contributed by atoms with Gasteiger partial charge in [-0.15, -0.1) is 0 Å². The molecule has 17 heavy (non-hydrogen) atoms. The van der Waals surface area contributed by atoms with Gasteiger partial charge in [0.1, 0.15) is 0 Å². The molecule has 96 valence electrons. The van der Waals surface area contributed by atoms with Gasteiger partial charge in [-0.05, 0) is 26.8 Å². The van der Waals surface area contributed by atoms with E-state index in [1.54, 1.807) is 0 Å². The highest BCUT2D eigenvalue weighted by molar-refractivity contribution is 5.89. The third kappa shape index (κ3) is 20.1. The summed E-state index contributed by atoms with van der Waals surface area (Å²) in [5.41, 5.74) is -0.148. The summed E-state index contributed by atoms with van der Waals surface area (Å²) in [7, 11) is 0. The van der Waals surface area contributed by atoms with Gasteiger partial charge >= 0.3 is 11.9 Å². The van der Waals surface area contributed by atoms with Crippen molar-refractivity contribution in [3.05, 3.63) is 24.8 Å². The van der Waals surface area contributed by atoms with E-state index in [-0.39, 0.29) is 11.4 Å². The van der Waals surface area contributed by atoms with E-state index in [0.717, 1.165) is 0 Å². The molecule has 0 aromatic carbocycles. The van der Waals surface area contributed by atoms with Crippen molar-refractivity contribution in [2.75, 3.05) is 0 Å². The van der Waals surface area contributed by atoms with E-state index in [0.29, 0.717) is 12.2 Å². The van der Waals surface area contributed by atoms with Gasteiger partial charge in [0, 0.05) is 17.7 Å². The number of hydrogen-bond acceptors (Lipinski definition) is 3. The Kier molecular flexibility index (Phi) is 8.23. The first-order valence-corrected chi connectivity index (χ1v) is 4.67. The van der Waals surface area contributed by atoms with Crippen LogP contribution in [0.3, 0.4) is 0 Å². The number of carboxylic acid groups (broad SMARTS) is 2. The third-order valence-corrected chi connectivity index (χ3v) is 1.05. The minimum Gasteiger partial charge on any atom is -0.478 e. The fraction of sp³-hybridized carbons (Fsp3) is 0.364. The minimum absolute atomic E-state index is 0.123. The molecule has 0 unspecified atom stereocenters. The SMILES string of the molecule is C=CC(=O)NC(C)(C)C.O=C(O)C=CC(=O)O. The number of rotatable bonds is 3. The maximum Gasteiger partial charge on any atom is 0.328 e. The van der Waals surface area contributed by atoms with Gasteiger partial charge in [-0.25, -0.2) is 9.59 Å². The fourth-order valence-corrected chi connectivity index (χ4v) is 0.563. The van der Waals surface area contributed by atoms with Crippen molar-refractivity contribution in [1.29, 1.82) is 0 Å². The van der Waals surface area contributed by atoms with Crippen molar-refractivity contribution >= 4 is 17.8 Å². The van der Waals surface area contributed by atoms with Gasteiger partial charge in [0.2, 0.25) is 5.91 Å². The first-order valence-electron chi connectivity index (χ1n) is 4.67. The van der Waals surface area contributed by atoms with Crippen LogP contribution in [0, 0.1) is 0 Å². The van der Waals surface area contributed by atoms with Gasteiger partial charge in [0.15, 0.2) is 0 Å². The highest BCUT2D eigenvalue weighted by atomic mass is 16.4. The van der Waals surface area contributed by atoms with E-state index in [4.69, 9.17) is 10.2 Å². The van der Waals surface area contributed by atoms with Gasteiger partial charge in [0.25, 0.3) is 0 Å². The second-order valence-electron chi connectivity index (χ2n) is 3.95. The lowest BCUT2D eigenvalue weighted by molar-refractivity contribution is -0.134. The molecule has 6 nitrogen and oxygen atoms in total. The number of nitrogens with one attached hydrogen (secondary N) is 1. The molecule has 0 aliphatic rings. The van der Waals surface area contributed by atoms with Crippen molar-refractivity contribution in [1.82, 2.24) is 5.32 Å². The summed E-state index contributed by atoms with van der Waals surface area (Å²) in [4.78, 5) is 29.7. The smallest absolute Gasteiger partial charge is 0.328 e. The zero-order chi connectivity index (χ0) is 14.1. The van der Waals surface area contributed by atoms with E-state index >= 15 is 0 Å². The average molecular weight is 243 g/mol. The first-order chi connectivity index (χ1) is 7.58. The van der Waals surface area contributed by atoms with Crippen molar-refractivity contribution < 1.29 is 24.6 Å². The van der Waals surface area contributed by atoms with Gasteiger partial charge in [-0.3, -0.25) is 4.79 Å². The van der Waals surface area contributed by atoms with Crippen molar-refractivity contribution in [2.45, 2.75) is 26.3 Å². The largest absolute Gasteiger partial charge is 0.478 e. The van der Waals surface area contributed by atoms with Gasteiger partial charge in [0.05, 0.1) is 0 Å². The van der Waals surface area contributed by atoms with Gasteiger partial charge < -0.3 is 15.5 Å². The Morgan fingerprint density at radius 1 is 1.06 bits per heavy atom. The van der Waals surface area contributed by atoms with Crippen molar-refractivity contribution in [3.8, 4) is 0 Å². The van der Waals surface area contributed by atoms with Crippen LogP contribution in [-0.2, 0) is 14.4 Å². The van der Waals surface area contributed by atoms with Crippen LogP contribution in [0.1, 0.15) is 20.8 Å². The highest BCUT2D eigenvalue weighted by Crippen LogP contribution is 1.97. The number of aliphatic carboxylic acids is 2. The van der Waals surface area contributed by atoms with Crippen molar-refractivity contribution in [3.63, 3.8) is 0 Å². The highest BCUT2D eigenvalue weighted by Gasteiger charge is 2.10. The number of carbonyl (C=O) groups excluding carboxylic acids is 1. The first kappa shape index (κ1) is 17.3. The number of amides is 1. The molecule has 1 amide bonds. The molecule has 0 atom stereocenters. The summed E-state index contributed by atoms with van der Waals surface area (Å²) in [6, 6.07) is 0. The van der Waals surface area contributed by atoms with Crippen LogP contribution in [0.4, 0.5) is 0 Å². The molecule has 0 bridgehead atoms. The standard InChI is InChI=1S/C7H13NO.C4H4O4/c1-5-6(9)8-7(2,3)4;5-3(6)1-2-4(7)8/h5H,1H2,2-4H3,(H,8,9);1-2H,(H,5,6)(H,7,8). The summed E-state index contributed by atoms with van der Waals surface area (Å²) < 4.78 is 0. The molecule has 0 heterocycles. The molecule has 3 N–H and O–H groups in total. The van der Waals surface area contributed by atoms with E-state index < -0.39 is 11.9 Å². The Balaban J connectivity index is 0. The molecule has 0 saturated heterocycles. The summed E-state index contributed by atoms with van der Waals surface area (Å²) in [5, 5.41) is 18.3. The molecule has 0 radical (unpaired) electrons. The van der Waals surface area contributed by atoms with E-state index in [2.05, 4.69) is 11.9 Å². The monoisotopic (exact) mass is 243 g/mol. The van der Waals surface area contributed by atoms with Crippen molar-refractivity contribution in [2.24, 2.45) is 0 Å². The minimum atomic E-state index is -1.26. The maximum absolute atomic E-state index is 10.6. The number of carbonyl (C=O) groups is 3. The van der Waals surface area contributed by atoms with Crippen LogP contribution in [0.25, 0.3) is 0 Å². The predicted molar refractivity (Wildman–Crippen MR) is 62.5 cm³/mol. The molecule has 0 aliphatic heterocycles. The quantitative estimate of drug-likeness (QED) is 0.636. The lowest BCUT2D eigenvalue weighted by atomic mass is 10.1. The summed E-state index contributed by atoms with van der Waals surface area (Å²) in [6.45, 7) is 9.11. The van der Waals surface area contributed by atoms with E-state index in [9.17, 15) is 14.4 Å². The fourth-order valence-electron chi connectivity index (χ4n) is 0.563. The lowest BCUT2D eigenvalue weighted by Gasteiger charge is -2.18. The molecule has 0 aliphatic carbocycles. The topological polar surface area (TPSA) is 104 Å². The Morgan fingerprint density at radius 2 is 1.41 bits per heavy atom. The lowest BCUT2D eigenvalue weighted by Crippen LogP contribution is -2.39. The molecule has 0 aromatic heterocycles. The Labute approximate surface area is 99.6 Å². The van der Waals surface area contributed by atoms with Gasteiger partial charge in [-0.1, -0.05) is 6.58 Å². The Hall–Kier alpha value is -2.11. The van der Waals surface area contributed by atoms with Crippen LogP contribution in [-0.4, -0.2) is 33.6 Å². The second kappa shape index (κ2) is 8.09. The van der Waals surface area contributed by atoms with E-state index in [1.165, 1.54) is 6.08 Å². The number of hydrogen-bond donors (Lipinski definition) is 3. The third-order valence-electron chi connectivity index (χ3n) is 1.05. The van der Waals surface area contributed by atoms with Crippen LogP contribution in [0.15, 0.2) is 24.8 Å². The van der Waals surface area contributed by atoms with Crippen LogP contribution in [0.5, 0.6) is 0 Å². The molecular formula is C11H17NO5. The normalized spacial score (nSPS) is 10.1. The molecule has 0 spiro atoms. The summed E-state index contributed by atoms with van der Waals surface area (Å²) >= 11 is 0. The summed E-state index contributed by atoms with van der Waals surface area (Å²) in [6.07, 6.45) is 2.38. The van der Waals surface area contributed by atoms with Crippen LogP contribution >= 0.6 is 0 Å². The zero-order valence-corrected chi connectivity index (χ0v) is 10.1. The molecule has 0 aromatic rings. The molecule has 0 saturated carbocycles. The maximum atomic E-state index is 10.6.